The fourth-order valence-electron chi connectivity index (χ4n) is 2.37. The van der Waals surface area contributed by atoms with E-state index in [1.807, 2.05) is 24.3 Å². The van der Waals surface area contributed by atoms with E-state index in [-0.39, 0.29) is 11.9 Å². The number of anilines is 2. The van der Waals surface area contributed by atoms with E-state index in [1.54, 1.807) is 0 Å². The largest absolute Gasteiger partial charge is 0.381 e. The minimum absolute atomic E-state index is 0.0548. The van der Waals surface area contributed by atoms with Crippen molar-refractivity contribution in [3.8, 4) is 0 Å². The number of carbonyl (C=O) groups excluding carboxylic acids is 1. The van der Waals surface area contributed by atoms with Crippen LogP contribution in [0.15, 0.2) is 24.3 Å². The molecule has 0 spiro atoms. The minimum Gasteiger partial charge on any atom is -0.381 e. The average molecular weight is 276 g/mol. The van der Waals surface area contributed by atoms with E-state index in [0.717, 1.165) is 31.0 Å². The average Bonchev–Trinajstić information content (AvgIpc) is 2.51. The summed E-state index contributed by atoms with van der Waals surface area (Å²) in [5.41, 5.74) is 2.04. The highest BCUT2D eigenvalue weighted by atomic mass is 16.2. The highest BCUT2D eigenvalue weighted by Crippen LogP contribution is 2.24. The van der Waals surface area contributed by atoms with Crippen LogP contribution in [0.5, 0.6) is 0 Å². The summed E-state index contributed by atoms with van der Waals surface area (Å²) in [5, 5.41) is 9.56. The first-order valence-electron chi connectivity index (χ1n) is 7.34. The molecule has 0 aliphatic carbocycles. The molecule has 20 heavy (non-hydrogen) atoms. The van der Waals surface area contributed by atoms with Gasteiger partial charge in [0.15, 0.2) is 0 Å². The van der Waals surface area contributed by atoms with E-state index in [9.17, 15) is 4.79 Å². The predicted octanol–water partition coefficient (Wildman–Crippen LogP) is 1.35. The Morgan fingerprint density at radius 1 is 1.30 bits per heavy atom. The lowest BCUT2D eigenvalue weighted by Crippen LogP contribution is -2.47. The SMILES string of the molecule is CCN(CC)CCNC(=O)C1CNc2ccccc2N1. The fraction of sp³-hybridized carbons (Fsp3) is 0.533. The molecule has 0 saturated heterocycles. The first-order valence-corrected chi connectivity index (χ1v) is 7.34. The van der Waals surface area contributed by atoms with Gasteiger partial charge in [-0.1, -0.05) is 26.0 Å². The zero-order chi connectivity index (χ0) is 14.4. The van der Waals surface area contributed by atoms with Crippen molar-refractivity contribution in [3.05, 3.63) is 24.3 Å². The predicted molar refractivity (Wildman–Crippen MR) is 83.1 cm³/mol. The Bertz CT molecular complexity index is 445. The van der Waals surface area contributed by atoms with Crippen molar-refractivity contribution < 1.29 is 4.79 Å². The number of para-hydroxylation sites is 2. The smallest absolute Gasteiger partial charge is 0.244 e. The summed E-state index contributed by atoms with van der Waals surface area (Å²) in [6.07, 6.45) is 0. The molecule has 0 bridgehead atoms. The zero-order valence-corrected chi connectivity index (χ0v) is 12.3. The first-order chi connectivity index (χ1) is 9.74. The Balaban J connectivity index is 1.80. The van der Waals surface area contributed by atoms with Crippen LogP contribution in [-0.2, 0) is 4.79 Å². The maximum Gasteiger partial charge on any atom is 0.244 e. The normalized spacial score (nSPS) is 17.1. The Labute approximate surface area is 120 Å². The van der Waals surface area contributed by atoms with E-state index in [0.29, 0.717) is 13.1 Å². The second-order valence-electron chi connectivity index (χ2n) is 4.94. The molecular formula is C15H24N4O. The quantitative estimate of drug-likeness (QED) is 0.734. The molecule has 0 saturated carbocycles. The maximum absolute atomic E-state index is 12.1. The summed E-state index contributed by atoms with van der Waals surface area (Å²) in [4.78, 5) is 14.4. The summed E-state index contributed by atoms with van der Waals surface area (Å²) in [5.74, 6) is 0.0548. The third-order valence-electron chi connectivity index (χ3n) is 3.69. The van der Waals surface area contributed by atoms with Gasteiger partial charge in [-0.2, -0.15) is 0 Å². The molecule has 5 heteroatoms. The van der Waals surface area contributed by atoms with Gasteiger partial charge in [-0.15, -0.1) is 0 Å². The van der Waals surface area contributed by atoms with Crippen molar-refractivity contribution in [2.45, 2.75) is 19.9 Å². The molecule has 0 fully saturated rings. The van der Waals surface area contributed by atoms with Crippen LogP contribution in [0.2, 0.25) is 0 Å². The van der Waals surface area contributed by atoms with E-state index in [4.69, 9.17) is 0 Å². The molecule has 2 rings (SSSR count). The van der Waals surface area contributed by atoms with E-state index >= 15 is 0 Å². The number of hydrogen-bond donors (Lipinski definition) is 3. The van der Waals surface area contributed by atoms with Crippen LogP contribution < -0.4 is 16.0 Å². The molecule has 5 nitrogen and oxygen atoms in total. The lowest BCUT2D eigenvalue weighted by molar-refractivity contribution is -0.121. The van der Waals surface area contributed by atoms with Crippen molar-refractivity contribution in [1.29, 1.82) is 0 Å². The van der Waals surface area contributed by atoms with Gasteiger partial charge in [-0.25, -0.2) is 0 Å². The van der Waals surface area contributed by atoms with Crippen LogP contribution in [0.1, 0.15) is 13.8 Å². The molecule has 1 aromatic carbocycles. The Hall–Kier alpha value is -1.75. The molecule has 1 atom stereocenters. The monoisotopic (exact) mass is 276 g/mol. The van der Waals surface area contributed by atoms with Crippen LogP contribution in [0.3, 0.4) is 0 Å². The number of nitrogens with one attached hydrogen (secondary N) is 3. The van der Waals surface area contributed by atoms with Gasteiger partial charge in [0.1, 0.15) is 6.04 Å². The number of fused-ring (bicyclic) bond motifs is 1. The molecule has 110 valence electrons. The number of benzene rings is 1. The number of hydrogen-bond acceptors (Lipinski definition) is 4. The van der Waals surface area contributed by atoms with Gasteiger partial charge in [0.05, 0.1) is 11.4 Å². The van der Waals surface area contributed by atoms with Gasteiger partial charge in [0.2, 0.25) is 5.91 Å². The molecular weight excluding hydrogens is 252 g/mol. The standard InChI is InChI=1S/C15H24N4O/c1-3-19(4-2)10-9-16-15(20)14-11-17-12-7-5-6-8-13(12)18-14/h5-8,14,17-18H,3-4,9-11H2,1-2H3,(H,16,20). The van der Waals surface area contributed by atoms with Gasteiger partial charge in [0, 0.05) is 19.6 Å². The molecule has 1 unspecified atom stereocenters. The third-order valence-corrected chi connectivity index (χ3v) is 3.69. The highest BCUT2D eigenvalue weighted by molar-refractivity contribution is 5.88. The molecule has 1 aliphatic heterocycles. The Kier molecular flexibility index (Phi) is 5.24. The topological polar surface area (TPSA) is 56.4 Å². The highest BCUT2D eigenvalue weighted by Gasteiger charge is 2.22. The molecule has 0 aromatic heterocycles. The van der Waals surface area contributed by atoms with Crippen LogP contribution in [0.25, 0.3) is 0 Å². The van der Waals surface area contributed by atoms with Crippen LogP contribution in [0.4, 0.5) is 11.4 Å². The summed E-state index contributed by atoms with van der Waals surface area (Å²) in [7, 11) is 0. The number of carbonyl (C=O) groups is 1. The second-order valence-corrected chi connectivity index (χ2v) is 4.94. The van der Waals surface area contributed by atoms with Crippen LogP contribution in [0, 0.1) is 0 Å². The van der Waals surface area contributed by atoms with Crippen LogP contribution >= 0.6 is 0 Å². The van der Waals surface area contributed by atoms with Gasteiger partial charge in [-0.3, -0.25) is 4.79 Å². The molecule has 1 aromatic rings. The summed E-state index contributed by atoms with van der Waals surface area (Å²) in [6.45, 7) is 8.51. The number of amides is 1. The van der Waals surface area contributed by atoms with Crippen molar-refractivity contribution >= 4 is 17.3 Å². The molecule has 1 aliphatic rings. The lowest BCUT2D eigenvalue weighted by Gasteiger charge is -2.27. The number of rotatable bonds is 6. The van der Waals surface area contributed by atoms with Crippen molar-refractivity contribution in [1.82, 2.24) is 10.2 Å². The van der Waals surface area contributed by atoms with E-state index < -0.39 is 0 Å². The van der Waals surface area contributed by atoms with E-state index in [1.165, 1.54) is 0 Å². The number of likely N-dealkylation sites (N-methyl/N-ethyl adjacent to an activating group) is 1. The number of nitrogens with zero attached hydrogens (tertiary/aromatic N) is 1. The van der Waals surface area contributed by atoms with Crippen molar-refractivity contribution in [2.75, 3.05) is 43.4 Å². The Morgan fingerprint density at radius 3 is 2.70 bits per heavy atom. The minimum atomic E-state index is -0.207. The van der Waals surface area contributed by atoms with Gasteiger partial charge in [-0.05, 0) is 25.2 Å². The lowest BCUT2D eigenvalue weighted by atomic mass is 10.1. The van der Waals surface area contributed by atoms with E-state index in [2.05, 4.69) is 34.7 Å². The maximum atomic E-state index is 12.1. The zero-order valence-electron chi connectivity index (χ0n) is 12.3. The van der Waals surface area contributed by atoms with Gasteiger partial charge < -0.3 is 20.9 Å². The molecule has 1 heterocycles. The summed E-state index contributed by atoms with van der Waals surface area (Å²) in [6, 6.07) is 7.74. The summed E-state index contributed by atoms with van der Waals surface area (Å²) >= 11 is 0. The second kappa shape index (κ2) is 7.14. The third kappa shape index (κ3) is 3.63. The summed E-state index contributed by atoms with van der Waals surface area (Å²) < 4.78 is 0. The van der Waals surface area contributed by atoms with Crippen molar-refractivity contribution in [3.63, 3.8) is 0 Å². The molecule has 3 N–H and O–H groups in total. The van der Waals surface area contributed by atoms with Crippen molar-refractivity contribution in [2.24, 2.45) is 0 Å². The Morgan fingerprint density at radius 2 is 2.00 bits per heavy atom. The fourth-order valence-corrected chi connectivity index (χ4v) is 2.37. The van der Waals surface area contributed by atoms with Crippen LogP contribution in [-0.4, -0.2) is 49.6 Å². The molecule has 1 amide bonds. The van der Waals surface area contributed by atoms with Gasteiger partial charge >= 0.3 is 0 Å². The first kappa shape index (κ1) is 14.7. The van der Waals surface area contributed by atoms with Gasteiger partial charge in [0.25, 0.3) is 0 Å². The molecule has 0 radical (unpaired) electrons.